The van der Waals surface area contributed by atoms with Crippen molar-refractivity contribution in [3.8, 4) is 0 Å². The molecule has 0 saturated heterocycles. The summed E-state index contributed by atoms with van der Waals surface area (Å²) in [4.78, 5) is 4.28. The van der Waals surface area contributed by atoms with E-state index in [0.717, 1.165) is 37.7 Å². The summed E-state index contributed by atoms with van der Waals surface area (Å²) in [5.41, 5.74) is 0.765. The Kier molecular flexibility index (Phi) is 5.35. The second kappa shape index (κ2) is 7.02. The molecule has 0 aliphatic rings. The summed E-state index contributed by atoms with van der Waals surface area (Å²) < 4.78 is 29.1. The molecule has 1 aromatic carbocycles. The van der Waals surface area contributed by atoms with E-state index in [0.29, 0.717) is 17.8 Å². The molecule has 0 aliphatic carbocycles. The van der Waals surface area contributed by atoms with Crippen LogP contribution in [0.2, 0.25) is 0 Å². The quantitative estimate of drug-likeness (QED) is 0.536. The highest BCUT2D eigenvalue weighted by Crippen LogP contribution is 2.22. The van der Waals surface area contributed by atoms with E-state index >= 15 is 0 Å². The lowest BCUT2D eigenvalue weighted by Gasteiger charge is -2.08. The van der Waals surface area contributed by atoms with Crippen LogP contribution in [-0.2, 0) is 13.0 Å². The summed E-state index contributed by atoms with van der Waals surface area (Å²) in [7, 11) is 0. The van der Waals surface area contributed by atoms with Crippen LogP contribution in [0.25, 0.3) is 11.0 Å². The normalized spacial score (nSPS) is 11.4. The van der Waals surface area contributed by atoms with Crippen LogP contribution in [0.3, 0.4) is 0 Å². The minimum absolute atomic E-state index is 0.238. The Hall–Kier alpha value is -1.16. The molecule has 0 N–H and O–H groups in total. The predicted molar refractivity (Wildman–Crippen MR) is 78.2 cm³/mol. The number of hydrogen-bond acceptors (Lipinski definition) is 1. The second-order valence-electron chi connectivity index (χ2n) is 4.93. The van der Waals surface area contributed by atoms with Crippen molar-refractivity contribution in [1.82, 2.24) is 9.55 Å². The number of rotatable bonds is 7. The van der Waals surface area contributed by atoms with Crippen LogP contribution in [0, 0.1) is 11.6 Å². The van der Waals surface area contributed by atoms with Crippen molar-refractivity contribution in [2.45, 2.75) is 45.6 Å². The summed E-state index contributed by atoms with van der Waals surface area (Å²) in [5.74, 6) is -0.0242. The highest BCUT2D eigenvalue weighted by atomic mass is 35.5. The first-order chi connectivity index (χ1) is 9.67. The number of halogens is 3. The van der Waals surface area contributed by atoms with Gasteiger partial charge in [0.25, 0.3) is 0 Å². The molecule has 0 unspecified atom stereocenters. The molecule has 0 aliphatic heterocycles. The molecule has 0 spiro atoms. The van der Waals surface area contributed by atoms with Gasteiger partial charge in [0.15, 0.2) is 5.82 Å². The summed E-state index contributed by atoms with van der Waals surface area (Å²) >= 11 is 5.77. The van der Waals surface area contributed by atoms with Crippen molar-refractivity contribution in [3.05, 3.63) is 29.6 Å². The fourth-order valence-corrected chi connectivity index (χ4v) is 2.59. The van der Waals surface area contributed by atoms with E-state index in [9.17, 15) is 8.78 Å². The number of imidazole rings is 1. The monoisotopic (exact) mass is 300 g/mol. The van der Waals surface area contributed by atoms with Gasteiger partial charge >= 0.3 is 0 Å². The highest BCUT2D eigenvalue weighted by Gasteiger charge is 2.14. The first-order valence-electron chi connectivity index (χ1n) is 7.07. The molecule has 2 rings (SSSR count). The van der Waals surface area contributed by atoms with Gasteiger partial charge in [-0.1, -0.05) is 26.2 Å². The predicted octanol–water partition coefficient (Wildman–Crippen LogP) is 4.68. The number of aryl methyl sites for hydroxylation is 2. The molecule has 0 bridgehead atoms. The third-order valence-electron chi connectivity index (χ3n) is 3.40. The molecule has 0 fully saturated rings. The van der Waals surface area contributed by atoms with E-state index < -0.39 is 11.6 Å². The molecule has 20 heavy (non-hydrogen) atoms. The van der Waals surface area contributed by atoms with Crippen molar-refractivity contribution >= 4 is 22.6 Å². The number of fused-ring (bicyclic) bond motifs is 1. The third kappa shape index (κ3) is 3.29. The number of hydrogen-bond donors (Lipinski definition) is 0. The molecule has 1 aromatic heterocycles. The zero-order valence-corrected chi connectivity index (χ0v) is 12.4. The summed E-state index contributed by atoms with van der Waals surface area (Å²) in [6, 6.07) is 2.23. The zero-order valence-electron chi connectivity index (χ0n) is 11.6. The summed E-state index contributed by atoms with van der Waals surface area (Å²) in [6.07, 6.45) is 4.97. The van der Waals surface area contributed by atoms with Gasteiger partial charge in [0.1, 0.15) is 17.2 Å². The van der Waals surface area contributed by atoms with Gasteiger partial charge in [-0.05, 0) is 12.5 Å². The van der Waals surface area contributed by atoms with Crippen molar-refractivity contribution < 1.29 is 8.78 Å². The molecule has 0 saturated carbocycles. The SMILES string of the molecule is CCCCCCn1c(CCCl)nc2c(F)cc(F)cc21. The Bertz CT molecular complexity index is 581. The minimum Gasteiger partial charge on any atom is -0.328 e. The molecule has 2 nitrogen and oxygen atoms in total. The highest BCUT2D eigenvalue weighted by molar-refractivity contribution is 6.17. The fraction of sp³-hybridized carbons (Fsp3) is 0.533. The molecular formula is C15H19ClF2N2. The molecule has 2 aromatic rings. The van der Waals surface area contributed by atoms with Gasteiger partial charge < -0.3 is 4.57 Å². The maximum Gasteiger partial charge on any atom is 0.153 e. The summed E-state index contributed by atoms with van der Waals surface area (Å²) in [5, 5.41) is 0. The van der Waals surface area contributed by atoms with Crippen LogP contribution in [0.4, 0.5) is 8.78 Å². The van der Waals surface area contributed by atoms with Crippen LogP contribution in [0.5, 0.6) is 0 Å². The smallest absolute Gasteiger partial charge is 0.153 e. The van der Waals surface area contributed by atoms with Gasteiger partial charge in [-0.2, -0.15) is 0 Å². The Morgan fingerprint density at radius 3 is 2.70 bits per heavy atom. The van der Waals surface area contributed by atoms with Crippen molar-refractivity contribution in [2.75, 3.05) is 5.88 Å². The lowest BCUT2D eigenvalue weighted by Crippen LogP contribution is -2.05. The first-order valence-corrected chi connectivity index (χ1v) is 7.61. The molecule has 0 amide bonds. The second-order valence-corrected chi connectivity index (χ2v) is 5.31. The Morgan fingerprint density at radius 2 is 2.00 bits per heavy atom. The van der Waals surface area contributed by atoms with Crippen LogP contribution in [0.1, 0.15) is 38.4 Å². The van der Waals surface area contributed by atoms with Gasteiger partial charge in [-0.15, -0.1) is 11.6 Å². The molecule has 0 radical (unpaired) electrons. The number of benzene rings is 1. The minimum atomic E-state index is -0.608. The van der Waals surface area contributed by atoms with Gasteiger partial charge in [0, 0.05) is 24.9 Å². The van der Waals surface area contributed by atoms with E-state index in [1.807, 2.05) is 4.57 Å². The third-order valence-corrected chi connectivity index (χ3v) is 3.59. The van der Waals surface area contributed by atoms with Gasteiger partial charge in [-0.25, -0.2) is 13.8 Å². The lowest BCUT2D eigenvalue weighted by atomic mass is 10.2. The van der Waals surface area contributed by atoms with E-state index in [4.69, 9.17) is 11.6 Å². The largest absolute Gasteiger partial charge is 0.328 e. The van der Waals surface area contributed by atoms with E-state index in [-0.39, 0.29) is 5.52 Å². The van der Waals surface area contributed by atoms with E-state index in [2.05, 4.69) is 11.9 Å². The van der Waals surface area contributed by atoms with Gasteiger partial charge in [0.05, 0.1) is 5.52 Å². The van der Waals surface area contributed by atoms with Crippen LogP contribution < -0.4 is 0 Å². The number of aromatic nitrogens is 2. The first kappa shape index (κ1) is 15.2. The van der Waals surface area contributed by atoms with Crippen molar-refractivity contribution in [1.29, 1.82) is 0 Å². The van der Waals surface area contributed by atoms with E-state index in [1.54, 1.807) is 0 Å². The Morgan fingerprint density at radius 1 is 1.20 bits per heavy atom. The molecule has 1 heterocycles. The number of unbranched alkanes of at least 4 members (excludes halogenated alkanes) is 3. The molecule has 0 atom stereocenters. The molecular weight excluding hydrogens is 282 g/mol. The molecule has 5 heteroatoms. The maximum atomic E-state index is 13.8. The average Bonchev–Trinajstić information content (AvgIpc) is 2.74. The average molecular weight is 301 g/mol. The van der Waals surface area contributed by atoms with Gasteiger partial charge in [-0.3, -0.25) is 0 Å². The van der Waals surface area contributed by atoms with Crippen LogP contribution in [-0.4, -0.2) is 15.4 Å². The maximum absolute atomic E-state index is 13.8. The van der Waals surface area contributed by atoms with E-state index in [1.165, 1.54) is 12.5 Å². The topological polar surface area (TPSA) is 17.8 Å². The molecule has 110 valence electrons. The number of alkyl halides is 1. The zero-order chi connectivity index (χ0) is 14.5. The standard InChI is InChI=1S/C15H19ClF2N2/c1-2-3-4-5-8-20-13-10-11(17)9-12(18)15(13)19-14(20)6-7-16/h9-10H,2-8H2,1H3. The lowest BCUT2D eigenvalue weighted by molar-refractivity contribution is 0.573. The van der Waals surface area contributed by atoms with Crippen LogP contribution >= 0.6 is 11.6 Å². The van der Waals surface area contributed by atoms with Gasteiger partial charge in [0.2, 0.25) is 0 Å². The van der Waals surface area contributed by atoms with Crippen molar-refractivity contribution in [3.63, 3.8) is 0 Å². The number of nitrogens with zero attached hydrogens (tertiary/aromatic N) is 2. The fourth-order valence-electron chi connectivity index (χ4n) is 2.42. The van der Waals surface area contributed by atoms with Crippen LogP contribution in [0.15, 0.2) is 12.1 Å². The van der Waals surface area contributed by atoms with Crippen molar-refractivity contribution in [2.24, 2.45) is 0 Å². The summed E-state index contributed by atoms with van der Waals surface area (Å²) in [6.45, 7) is 2.88. The Balaban J connectivity index is 2.34. The Labute approximate surface area is 122 Å².